The molecule has 0 aliphatic rings. The van der Waals surface area contributed by atoms with Gasteiger partial charge in [0.1, 0.15) is 11.6 Å². The molecule has 1 atom stereocenters. The second kappa shape index (κ2) is 8.03. The number of carbonyl (C=O) groups is 2. The van der Waals surface area contributed by atoms with Crippen LogP contribution in [0.25, 0.3) is 0 Å². The highest BCUT2D eigenvalue weighted by molar-refractivity contribution is 5.81. The number of rotatable bonds is 3. The van der Waals surface area contributed by atoms with E-state index in [1.807, 2.05) is 0 Å². The summed E-state index contributed by atoms with van der Waals surface area (Å²) in [7, 11) is 1.25. The number of hydrogen-bond acceptors (Lipinski definition) is 5. The summed E-state index contributed by atoms with van der Waals surface area (Å²) in [4.78, 5) is 27.3. The molecule has 1 heterocycles. The van der Waals surface area contributed by atoms with Gasteiger partial charge in [-0.2, -0.15) is 0 Å². The van der Waals surface area contributed by atoms with E-state index in [0.29, 0.717) is 0 Å². The van der Waals surface area contributed by atoms with Crippen molar-refractivity contribution in [3.05, 3.63) is 30.1 Å². The predicted octanol–water partition coefficient (Wildman–Crippen LogP) is 1.89. The molecular formula is C16H20N2O4. The summed E-state index contributed by atoms with van der Waals surface area (Å²) >= 11 is 0. The first-order chi connectivity index (χ1) is 10.3. The van der Waals surface area contributed by atoms with Crippen LogP contribution in [0.4, 0.5) is 4.79 Å². The number of amides is 1. The highest BCUT2D eigenvalue weighted by Crippen LogP contribution is 2.07. The molecule has 1 rings (SSSR count). The fourth-order valence-corrected chi connectivity index (χ4v) is 1.48. The third-order valence-corrected chi connectivity index (χ3v) is 2.40. The van der Waals surface area contributed by atoms with E-state index in [4.69, 9.17) is 4.74 Å². The van der Waals surface area contributed by atoms with Gasteiger partial charge in [0.2, 0.25) is 0 Å². The lowest BCUT2D eigenvalue weighted by atomic mass is 10.2. The normalized spacial score (nSPS) is 11.6. The van der Waals surface area contributed by atoms with Crippen molar-refractivity contribution in [1.29, 1.82) is 0 Å². The lowest BCUT2D eigenvalue weighted by Gasteiger charge is -2.21. The Bertz CT molecular complexity index is 567. The Balaban J connectivity index is 2.68. The summed E-state index contributed by atoms with van der Waals surface area (Å²) in [5.41, 5.74) is 0.129. The van der Waals surface area contributed by atoms with Crippen LogP contribution in [0, 0.1) is 11.8 Å². The van der Waals surface area contributed by atoms with E-state index in [1.165, 1.54) is 7.11 Å². The lowest BCUT2D eigenvalue weighted by molar-refractivity contribution is -0.143. The van der Waals surface area contributed by atoms with E-state index in [1.54, 1.807) is 45.3 Å². The maximum Gasteiger partial charge on any atom is 0.408 e. The molecule has 1 unspecified atom stereocenters. The molecule has 0 spiro atoms. The largest absolute Gasteiger partial charge is 0.467 e. The molecule has 0 aliphatic carbocycles. The van der Waals surface area contributed by atoms with Gasteiger partial charge in [-0.05, 0) is 32.9 Å². The summed E-state index contributed by atoms with van der Waals surface area (Å²) in [5, 5.41) is 2.46. The Morgan fingerprint density at radius 3 is 2.50 bits per heavy atom. The Labute approximate surface area is 130 Å². The van der Waals surface area contributed by atoms with Gasteiger partial charge in [0.15, 0.2) is 0 Å². The van der Waals surface area contributed by atoms with Gasteiger partial charge >= 0.3 is 12.1 Å². The fraction of sp³-hybridized carbons (Fsp3) is 0.438. The SMILES string of the molecule is COC(=O)C(CC#Cc1ccncc1)NC(=O)OC(C)(C)C. The number of carbonyl (C=O) groups excluding carboxylic acids is 2. The molecule has 6 heteroatoms. The van der Waals surface area contributed by atoms with Crippen LogP contribution < -0.4 is 5.32 Å². The molecule has 22 heavy (non-hydrogen) atoms. The van der Waals surface area contributed by atoms with Crippen LogP contribution in [0.5, 0.6) is 0 Å². The molecule has 0 radical (unpaired) electrons. The van der Waals surface area contributed by atoms with E-state index >= 15 is 0 Å². The highest BCUT2D eigenvalue weighted by atomic mass is 16.6. The van der Waals surface area contributed by atoms with Crippen LogP contribution in [0.1, 0.15) is 32.8 Å². The van der Waals surface area contributed by atoms with Gasteiger partial charge in [-0.25, -0.2) is 9.59 Å². The third kappa shape index (κ3) is 6.75. The number of methoxy groups -OCH3 is 1. The molecule has 0 aliphatic heterocycles. The quantitative estimate of drug-likeness (QED) is 0.681. The van der Waals surface area contributed by atoms with Gasteiger partial charge in [0, 0.05) is 24.4 Å². The Kier molecular flexibility index (Phi) is 6.39. The standard InChI is InChI=1S/C16H20N2O4/c1-16(2,3)22-15(20)18-13(14(19)21-4)7-5-6-12-8-10-17-11-9-12/h8-11,13H,7H2,1-4H3,(H,18,20). The van der Waals surface area contributed by atoms with E-state index in [-0.39, 0.29) is 6.42 Å². The van der Waals surface area contributed by atoms with Gasteiger partial charge in [0.05, 0.1) is 7.11 Å². The van der Waals surface area contributed by atoms with Crippen LogP contribution in [-0.2, 0) is 14.3 Å². The van der Waals surface area contributed by atoms with Crippen LogP contribution in [0.3, 0.4) is 0 Å². The average Bonchev–Trinajstić information content (AvgIpc) is 2.44. The number of hydrogen-bond donors (Lipinski definition) is 1. The van der Waals surface area contributed by atoms with Gasteiger partial charge in [-0.3, -0.25) is 4.98 Å². The zero-order valence-electron chi connectivity index (χ0n) is 13.2. The van der Waals surface area contributed by atoms with E-state index in [9.17, 15) is 9.59 Å². The molecule has 0 saturated heterocycles. The molecule has 1 aromatic rings. The van der Waals surface area contributed by atoms with Gasteiger partial charge in [-0.15, -0.1) is 0 Å². The van der Waals surface area contributed by atoms with Crippen LogP contribution in [-0.4, -0.2) is 35.8 Å². The molecule has 1 amide bonds. The summed E-state index contributed by atoms with van der Waals surface area (Å²) in [5.74, 6) is 5.15. The van der Waals surface area contributed by atoms with Crippen molar-refractivity contribution < 1.29 is 19.1 Å². The maximum atomic E-state index is 11.7. The van der Waals surface area contributed by atoms with Crippen molar-refractivity contribution in [1.82, 2.24) is 10.3 Å². The zero-order chi connectivity index (χ0) is 16.6. The summed E-state index contributed by atoms with van der Waals surface area (Å²) < 4.78 is 9.77. The number of nitrogens with zero attached hydrogens (tertiary/aromatic N) is 1. The number of alkyl carbamates (subject to hydrolysis) is 1. The van der Waals surface area contributed by atoms with Gasteiger partial charge < -0.3 is 14.8 Å². The van der Waals surface area contributed by atoms with Crippen molar-refractivity contribution in [3.8, 4) is 11.8 Å². The van der Waals surface area contributed by atoms with E-state index < -0.39 is 23.7 Å². The molecule has 118 valence electrons. The van der Waals surface area contributed by atoms with Crippen molar-refractivity contribution in [2.75, 3.05) is 7.11 Å². The first kappa shape index (κ1) is 17.5. The average molecular weight is 304 g/mol. The maximum absolute atomic E-state index is 11.7. The van der Waals surface area contributed by atoms with Crippen LogP contribution in [0.15, 0.2) is 24.5 Å². The molecule has 0 aromatic carbocycles. The smallest absolute Gasteiger partial charge is 0.408 e. The molecule has 1 aromatic heterocycles. The van der Waals surface area contributed by atoms with Gasteiger partial charge in [0.25, 0.3) is 0 Å². The second-order valence-electron chi connectivity index (χ2n) is 5.46. The first-order valence-electron chi connectivity index (χ1n) is 6.78. The van der Waals surface area contributed by atoms with Crippen LogP contribution >= 0.6 is 0 Å². The topological polar surface area (TPSA) is 77.5 Å². The van der Waals surface area contributed by atoms with Crippen molar-refractivity contribution >= 4 is 12.1 Å². The first-order valence-corrected chi connectivity index (χ1v) is 6.78. The number of pyridine rings is 1. The fourth-order valence-electron chi connectivity index (χ4n) is 1.48. The Morgan fingerprint density at radius 2 is 1.95 bits per heavy atom. The van der Waals surface area contributed by atoms with E-state index in [2.05, 4.69) is 26.9 Å². The molecule has 1 N–H and O–H groups in total. The number of aromatic nitrogens is 1. The van der Waals surface area contributed by atoms with Crippen molar-refractivity contribution in [2.24, 2.45) is 0 Å². The summed E-state index contributed by atoms with van der Waals surface area (Å²) in [6.07, 6.45) is 2.68. The molecule has 0 saturated carbocycles. The van der Waals surface area contributed by atoms with Gasteiger partial charge in [-0.1, -0.05) is 11.8 Å². The Morgan fingerprint density at radius 1 is 1.32 bits per heavy atom. The molecule has 0 fully saturated rings. The number of nitrogens with one attached hydrogen (secondary N) is 1. The predicted molar refractivity (Wildman–Crippen MR) is 80.9 cm³/mol. The number of ether oxygens (including phenoxy) is 2. The summed E-state index contributed by atoms with van der Waals surface area (Å²) in [6, 6.07) is 2.62. The lowest BCUT2D eigenvalue weighted by Crippen LogP contribution is -2.43. The van der Waals surface area contributed by atoms with Crippen molar-refractivity contribution in [2.45, 2.75) is 38.8 Å². The van der Waals surface area contributed by atoms with Crippen molar-refractivity contribution in [3.63, 3.8) is 0 Å². The minimum atomic E-state index is -0.880. The minimum Gasteiger partial charge on any atom is -0.467 e. The second-order valence-corrected chi connectivity index (χ2v) is 5.46. The van der Waals surface area contributed by atoms with Crippen LogP contribution in [0.2, 0.25) is 0 Å². The monoisotopic (exact) mass is 304 g/mol. The summed E-state index contributed by atoms with van der Waals surface area (Å²) in [6.45, 7) is 5.22. The molecule has 6 nitrogen and oxygen atoms in total. The third-order valence-electron chi connectivity index (χ3n) is 2.40. The highest BCUT2D eigenvalue weighted by Gasteiger charge is 2.24. The van der Waals surface area contributed by atoms with E-state index in [0.717, 1.165) is 5.56 Å². The minimum absolute atomic E-state index is 0.119. The molecule has 0 bridgehead atoms. The zero-order valence-corrected chi connectivity index (χ0v) is 13.2. The number of esters is 1. The Hall–Kier alpha value is -2.55. The molecular weight excluding hydrogens is 284 g/mol.